The van der Waals surface area contributed by atoms with Crippen LogP contribution in [0, 0.1) is 0 Å². The van der Waals surface area contributed by atoms with Gasteiger partial charge in [-0.3, -0.25) is 4.98 Å². The summed E-state index contributed by atoms with van der Waals surface area (Å²) in [5.74, 6) is 0.947. The highest BCUT2D eigenvalue weighted by Crippen LogP contribution is 2.24. The maximum absolute atomic E-state index is 4.68. The zero-order chi connectivity index (χ0) is 11.5. The third-order valence-corrected chi connectivity index (χ3v) is 3.78. The number of rotatable bonds is 3. The molecule has 4 heteroatoms. The predicted molar refractivity (Wildman–Crippen MR) is 67.9 cm³/mol. The molecule has 2 N–H and O–H groups in total. The molecular formula is C13H20N4. The van der Waals surface area contributed by atoms with Gasteiger partial charge in [0.2, 0.25) is 0 Å². The minimum Gasteiger partial charge on any atom is -0.366 e. The Kier molecular flexibility index (Phi) is 3.22. The van der Waals surface area contributed by atoms with Gasteiger partial charge in [0.05, 0.1) is 24.1 Å². The maximum atomic E-state index is 4.68. The Morgan fingerprint density at radius 2 is 2.00 bits per heavy atom. The van der Waals surface area contributed by atoms with Gasteiger partial charge < -0.3 is 10.6 Å². The van der Waals surface area contributed by atoms with Crippen LogP contribution in [-0.2, 0) is 0 Å². The first-order valence-electron chi connectivity index (χ1n) is 6.74. The van der Waals surface area contributed by atoms with Crippen molar-refractivity contribution in [3.8, 4) is 0 Å². The van der Waals surface area contributed by atoms with Gasteiger partial charge in [0.1, 0.15) is 5.82 Å². The molecule has 2 fully saturated rings. The van der Waals surface area contributed by atoms with Crippen LogP contribution in [0.25, 0.3) is 0 Å². The second-order valence-corrected chi connectivity index (χ2v) is 5.10. The van der Waals surface area contributed by atoms with Gasteiger partial charge in [0.15, 0.2) is 0 Å². The van der Waals surface area contributed by atoms with Gasteiger partial charge in [0, 0.05) is 6.04 Å². The van der Waals surface area contributed by atoms with E-state index >= 15 is 0 Å². The molecule has 1 aliphatic heterocycles. The van der Waals surface area contributed by atoms with E-state index in [1.165, 1.54) is 38.5 Å². The summed E-state index contributed by atoms with van der Waals surface area (Å²) >= 11 is 0. The molecule has 2 aliphatic rings. The van der Waals surface area contributed by atoms with Gasteiger partial charge in [-0.2, -0.15) is 0 Å². The van der Waals surface area contributed by atoms with Crippen molar-refractivity contribution in [1.29, 1.82) is 0 Å². The predicted octanol–water partition coefficient (Wildman–Crippen LogP) is 2.26. The molecule has 2 heterocycles. The Morgan fingerprint density at radius 3 is 2.76 bits per heavy atom. The number of aromatic nitrogens is 2. The van der Waals surface area contributed by atoms with Crippen LogP contribution in [0.2, 0.25) is 0 Å². The number of hydrogen-bond donors (Lipinski definition) is 2. The van der Waals surface area contributed by atoms with Gasteiger partial charge in [-0.15, -0.1) is 0 Å². The zero-order valence-electron chi connectivity index (χ0n) is 10.2. The number of nitrogens with zero attached hydrogens (tertiary/aromatic N) is 2. The first kappa shape index (κ1) is 11.0. The minimum atomic E-state index is 0.410. The van der Waals surface area contributed by atoms with E-state index in [0.29, 0.717) is 12.1 Å². The van der Waals surface area contributed by atoms with E-state index < -0.39 is 0 Å². The van der Waals surface area contributed by atoms with E-state index in [-0.39, 0.29) is 0 Å². The molecule has 0 amide bonds. The van der Waals surface area contributed by atoms with Crippen LogP contribution in [-0.4, -0.2) is 22.6 Å². The quantitative estimate of drug-likeness (QED) is 0.839. The van der Waals surface area contributed by atoms with Crippen LogP contribution in [0.15, 0.2) is 12.4 Å². The normalized spacial score (nSPS) is 25.3. The molecule has 1 atom stereocenters. The van der Waals surface area contributed by atoms with Crippen molar-refractivity contribution in [2.24, 2.45) is 0 Å². The summed E-state index contributed by atoms with van der Waals surface area (Å²) in [5, 5.41) is 6.97. The van der Waals surface area contributed by atoms with Crippen molar-refractivity contribution in [2.45, 2.75) is 50.6 Å². The number of hydrogen-bond acceptors (Lipinski definition) is 4. The Balaban J connectivity index is 1.69. The highest BCUT2D eigenvalue weighted by molar-refractivity contribution is 5.34. The largest absolute Gasteiger partial charge is 0.366 e. The van der Waals surface area contributed by atoms with E-state index in [1.807, 2.05) is 12.4 Å². The average Bonchev–Trinajstić information content (AvgIpc) is 3.01. The lowest BCUT2D eigenvalue weighted by atomic mass is 10.2. The average molecular weight is 232 g/mol. The monoisotopic (exact) mass is 232 g/mol. The fourth-order valence-corrected chi connectivity index (χ4v) is 2.83. The van der Waals surface area contributed by atoms with Crippen molar-refractivity contribution in [3.05, 3.63) is 18.1 Å². The van der Waals surface area contributed by atoms with E-state index in [1.54, 1.807) is 0 Å². The Labute approximate surface area is 102 Å². The summed E-state index contributed by atoms with van der Waals surface area (Å²) < 4.78 is 0. The van der Waals surface area contributed by atoms with Crippen molar-refractivity contribution in [2.75, 3.05) is 11.9 Å². The van der Waals surface area contributed by atoms with Gasteiger partial charge in [-0.1, -0.05) is 12.8 Å². The van der Waals surface area contributed by atoms with E-state index in [0.717, 1.165) is 18.1 Å². The van der Waals surface area contributed by atoms with E-state index in [4.69, 9.17) is 0 Å². The fourth-order valence-electron chi connectivity index (χ4n) is 2.83. The van der Waals surface area contributed by atoms with Crippen molar-refractivity contribution in [1.82, 2.24) is 15.3 Å². The van der Waals surface area contributed by atoms with Crippen LogP contribution in [0.3, 0.4) is 0 Å². The zero-order valence-corrected chi connectivity index (χ0v) is 10.2. The fraction of sp³-hybridized carbons (Fsp3) is 0.692. The second-order valence-electron chi connectivity index (χ2n) is 5.10. The van der Waals surface area contributed by atoms with E-state index in [2.05, 4.69) is 20.6 Å². The molecule has 0 aromatic carbocycles. The molecule has 1 aromatic rings. The molecule has 1 aromatic heterocycles. The second kappa shape index (κ2) is 5.00. The first-order valence-corrected chi connectivity index (χ1v) is 6.74. The van der Waals surface area contributed by atoms with Crippen molar-refractivity contribution in [3.63, 3.8) is 0 Å². The molecule has 4 nitrogen and oxygen atoms in total. The summed E-state index contributed by atoms with van der Waals surface area (Å²) in [5.41, 5.74) is 1.09. The van der Waals surface area contributed by atoms with Crippen LogP contribution in [0.5, 0.6) is 0 Å². The van der Waals surface area contributed by atoms with Crippen LogP contribution in [0.4, 0.5) is 5.82 Å². The Bertz CT molecular complexity index is 367. The lowest BCUT2D eigenvalue weighted by Crippen LogP contribution is -2.18. The molecular weight excluding hydrogens is 212 g/mol. The summed E-state index contributed by atoms with van der Waals surface area (Å²) in [6.07, 6.45) is 11.4. The van der Waals surface area contributed by atoms with Gasteiger partial charge in [0.25, 0.3) is 0 Å². The van der Waals surface area contributed by atoms with Gasteiger partial charge in [-0.25, -0.2) is 4.98 Å². The maximum Gasteiger partial charge on any atom is 0.145 e. The Hall–Kier alpha value is -1.16. The molecule has 92 valence electrons. The van der Waals surface area contributed by atoms with Crippen molar-refractivity contribution < 1.29 is 0 Å². The van der Waals surface area contributed by atoms with Crippen LogP contribution in [0.1, 0.15) is 50.3 Å². The van der Waals surface area contributed by atoms with Crippen LogP contribution >= 0.6 is 0 Å². The lowest BCUT2D eigenvalue weighted by Gasteiger charge is -2.14. The summed E-state index contributed by atoms with van der Waals surface area (Å²) in [6, 6.07) is 1.02. The molecule has 0 spiro atoms. The molecule has 1 aliphatic carbocycles. The smallest absolute Gasteiger partial charge is 0.145 e. The third-order valence-electron chi connectivity index (χ3n) is 3.78. The van der Waals surface area contributed by atoms with Crippen molar-refractivity contribution >= 4 is 5.82 Å². The first-order chi connectivity index (χ1) is 8.42. The van der Waals surface area contributed by atoms with Crippen LogP contribution < -0.4 is 10.6 Å². The molecule has 0 unspecified atom stereocenters. The molecule has 0 bridgehead atoms. The van der Waals surface area contributed by atoms with Gasteiger partial charge in [-0.05, 0) is 32.2 Å². The highest BCUT2D eigenvalue weighted by Gasteiger charge is 2.19. The number of anilines is 1. The molecule has 1 saturated carbocycles. The topological polar surface area (TPSA) is 49.8 Å². The third kappa shape index (κ3) is 2.57. The highest BCUT2D eigenvalue weighted by atomic mass is 15.1. The summed E-state index contributed by atoms with van der Waals surface area (Å²) in [6.45, 7) is 1.10. The Morgan fingerprint density at radius 1 is 1.12 bits per heavy atom. The molecule has 3 rings (SSSR count). The molecule has 0 radical (unpaired) electrons. The lowest BCUT2D eigenvalue weighted by molar-refractivity contribution is 0.623. The molecule has 1 saturated heterocycles. The standard InChI is InChI=1S/C13H20N4/c1-2-5-10(4-1)16-13-9-14-8-12(17-13)11-6-3-7-15-11/h8-11,15H,1-7H2,(H,16,17)/t11-/m0/s1. The summed E-state index contributed by atoms with van der Waals surface area (Å²) in [7, 11) is 0. The minimum absolute atomic E-state index is 0.410. The van der Waals surface area contributed by atoms with Gasteiger partial charge >= 0.3 is 0 Å². The summed E-state index contributed by atoms with van der Waals surface area (Å²) in [4.78, 5) is 8.99. The van der Waals surface area contributed by atoms with E-state index in [9.17, 15) is 0 Å². The SMILES string of the molecule is c1ncc([C@@H]2CCCN2)nc1NC1CCCC1. The molecule has 17 heavy (non-hydrogen) atoms. The number of nitrogens with one attached hydrogen (secondary N) is 2.